The highest BCUT2D eigenvalue weighted by molar-refractivity contribution is 7.99. The number of nitrogens with zero attached hydrogens (tertiary/aromatic N) is 3. The van der Waals surface area contributed by atoms with Gasteiger partial charge in [0.2, 0.25) is 5.16 Å². The number of hydrogen-bond donors (Lipinski definition) is 2. The van der Waals surface area contributed by atoms with Crippen molar-refractivity contribution in [3.05, 3.63) is 6.33 Å². The maximum absolute atomic E-state index is 4.06. The van der Waals surface area contributed by atoms with Gasteiger partial charge in [0.15, 0.2) is 0 Å². The van der Waals surface area contributed by atoms with Gasteiger partial charge in [-0.1, -0.05) is 11.8 Å². The maximum Gasteiger partial charge on any atom is 0.208 e. The van der Waals surface area contributed by atoms with E-state index in [1.54, 1.807) is 18.1 Å². The average molecular weight is 213 g/mol. The molecule has 14 heavy (non-hydrogen) atoms. The summed E-state index contributed by atoms with van der Waals surface area (Å²) in [5.74, 6) is 1.07. The van der Waals surface area contributed by atoms with Gasteiger partial charge in [-0.25, -0.2) is 4.98 Å². The molecule has 2 rings (SSSR count). The Morgan fingerprint density at radius 1 is 1.43 bits per heavy atom. The average Bonchev–Trinajstić information content (AvgIpc) is 2.72. The van der Waals surface area contributed by atoms with Crippen molar-refractivity contribution in [1.82, 2.24) is 25.4 Å². The first kappa shape index (κ1) is 9.95. The third kappa shape index (κ3) is 2.97. The van der Waals surface area contributed by atoms with Gasteiger partial charge in [-0.15, -0.1) is 5.10 Å². The fourth-order valence-electron chi connectivity index (χ4n) is 1.47. The zero-order valence-electron chi connectivity index (χ0n) is 8.07. The Bertz CT molecular complexity index is 244. The Morgan fingerprint density at radius 3 is 3.00 bits per heavy atom. The predicted molar refractivity (Wildman–Crippen MR) is 56.4 cm³/mol. The van der Waals surface area contributed by atoms with E-state index in [-0.39, 0.29) is 0 Å². The molecule has 1 aromatic heterocycles. The number of piperazine rings is 1. The van der Waals surface area contributed by atoms with Crippen LogP contribution in [-0.4, -0.2) is 58.6 Å². The van der Waals surface area contributed by atoms with Crippen LogP contribution in [0, 0.1) is 0 Å². The van der Waals surface area contributed by atoms with E-state index >= 15 is 0 Å². The lowest BCUT2D eigenvalue weighted by Gasteiger charge is -2.26. The molecule has 1 saturated heterocycles. The van der Waals surface area contributed by atoms with Crippen LogP contribution in [0.25, 0.3) is 0 Å². The minimum Gasteiger partial charge on any atom is -0.314 e. The quantitative estimate of drug-likeness (QED) is 0.679. The first-order valence-electron chi connectivity index (χ1n) is 4.87. The van der Waals surface area contributed by atoms with Gasteiger partial charge in [0.05, 0.1) is 0 Å². The Kier molecular flexibility index (Phi) is 3.79. The standard InChI is InChI=1S/C8H15N5S/c1-3-13(4-2-9-1)5-6-14-8-10-7-11-12-8/h7,9H,1-6H2,(H,10,11,12). The summed E-state index contributed by atoms with van der Waals surface area (Å²) < 4.78 is 0. The molecule has 0 saturated carbocycles. The maximum atomic E-state index is 4.06. The highest BCUT2D eigenvalue weighted by Crippen LogP contribution is 2.10. The molecule has 1 aromatic rings. The minimum absolute atomic E-state index is 0.847. The smallest absolute Gasteiger partial charge is 0.208 e. The lowest BCUT2D eigenvalue weighted by Crippen LogP contribution is -2.44. The highest BCUT2D eigenvalue weighted by atomic mass is 32.2. The van der Waals surface area contributed by atoms with Gasteiger partial charge in [-0.2, -0.15) is 0 Å². The van der Waals surface area contributed by atoms with Gasteiger partial charge in [0, 0.05) is 38.5 Å². The van der Waals surface area contributed by atoms with Gasteiger partial charge in [-0.05, 0) is 0 Å². The van der Waals surface area contributed by atoms with Crippen molar-refractivity contribution in [2.24, 2.45) is 0 Å². The summed E-state index contributed by atoms with van der Waals surface area (Å²) >= 11 is 1.71. The molecule has 0 aromatic carbocycles. The molecule has 0 atom stereocenters. The molecule has 1 fully saturated rings. The first-order valence-corrected chi connectivity index (χ1v) is 5.85. The van der Waals surface area contributed by atoms with Crippen LogP contribution in [0.4, 0.5) is 0 Å². The van der Waals surface area contributed by atoms with Gasteiger partial charge in [0.25, 0.3) is 0 Å². The van der Waals surface area contributed by atoms with Gasteiger partial charge < -0.3 is 5.32 Å². The van der Waals surface area contributed by atoms with Crippen molar-refractivity contribution in [2.75, 3.05) is 38.5 Å². The molecular weight excluding hydrogens is 198 g/mol. The molecule has 2 N–H and O–H groups in total. The SMILES string of the molecule is c1nc(SCCN2CCNCC2)n[nH]1. The molecule has 78 valence electrons. The summed E-state index contributed by atoms with van der Waals surface area (Å²) in [6.45, 7) is 5.68. The third-order valence-electron chi connectivity index (χ3n) is 2.24. The Labute approximate surface area is 87.7 Å². The number of thioether (sulfide) groups is 1. The Balaban J connectivity index is 1.62. The number of hydrogen-bond acceptors (Lipinski definition) is 5. The highest BCUT2D eigenvalue weighted by Gasteiger charge is 2.08. The molecule has 0 bridgehead atoms. The van der Waals surface area contributed by atoms with Crippen molar-refractivity contribution < 1.29 is 0 Å². The Morgan fingerprint density at radius 2 is 2.29 bits per heavy atom. The van der Waals surface area contributed by atoms with Crippen molar-refractivity contribution in [1.29, 1.82) is 0 Å². The lowest BCUT2D eigenvalue weighted by molar-refractivity contribution is 0.255. The van der Waals surface area contributed by atoms with Crippen molar-refractivity contribution in [2.45, 2.75) is 5.16 Å². The molecule has 6 heteroatoms. The topological polar surface area (TPSA) is 56.8 Å². The van der Waals surface area contributed by atoms with E-state index < -0.39 is 0 Å². The molecule has 0 amide bonds. The molecule has 2 heterocycles. The monoisotopic (exact) mass is 213 g/mol. The number of nitrogens with one attached hydrogen (secondary N) is 2. The zero-order chi connectivity index (χ0) is 9.64. The number of rotatable bonds is 4. The van der Waals surface area contributed by atoms with E-state index in [4.69, 9.17) is 0 Å². The molecule has 5 nitrogen and oxygen atoms in total. The largest absolute Gasteiger partial charge is 0.314 e. The Hall–Kier alpha value is -0.590. The van der Waals surface area contributed by atoms with Crippen molar-refractivity contribution in [3.63, 3.8) is 0 Å². The summed E-state index contributed by atoms with van der Waals surface area (Å²) in [4.78, 5) is 6.53. The zero-order valence-corrected chi connectivity index (χ0v) is 8.89. The third-order valence-corrected chi connectivity index (χ3v) is 3.08. The molecule has 0 spiro atoms. The fraction of sp³-hybridized carbons (Fsp3) is 0.750. The second-order valence-corrected chi connectivity index (χ2v) is 4.28. The molecule has 0 radical (unpaired) electrons. The molecule has 0 unspecified atom stereocenters. The lowest BCUT2D eigenvalue weighted by atomic mass is 10.4. The normalized spacial score (nSPS) is 18.6. The van der Waals surface area contributed by atoms with E-state index in [1.807, 2.05) is 0 Å². The number of aromatic nitrogens is 3. The van der Waals surface area contributed by atoms with Crippen LogP contribution < -0.4 is 5.32 Å². The van der Waals surface area contributed by atoms with E-state index in [9.17, 15) is 0 Å². The first-order chi connectivity index (χ1) is 6.95. The second-order valence-electron chi connectivity index (χ2n) is 3.22. The van der Waals surface area contributed by atoms with Gasteiger partial charge in [-0.3, -0.25) is 10.00 Å². The molecule has 0 aliphatic carbocycles. The molecular formula is C8H15N5S. The fourth-order valence-corrected chi connectivity index (χ4v) is 2.24. The van der Waals surface area contributed by atoms with Gasteiger partial charge in [0.1, 0.15) is 6.33 Å². The van der Waals surface area contributed by atoms with Crippen LogP contribution in [0.1, 0.15) is 0 Å². The predicted octanol–water partition coefficient (Wildman–Crippen LogP) is -0.198. The van der Waals surface area contributed by atoms with Crippen LogP contribution in [0.3, 0.4) is 0 Å². The van der Waals surface area contributed by atoms with E-state index in [2.05, 4.69) is 25.4 Å². The van der Waals surface area contributed by atoms with Crippen molar-refractivity contribution >= 4 is 11.8 Å². The summed E-state index contributed by atoms with van der Waals surface area (Å²) in [5, 5.41) is 10.9. The van der Waals surface area contributed by atoms with E-state index in [1.165, 1.54) is 0 Å². The van der Waals surface area contributed by atoms with E-state index in [0.717, 1.165) is 43.6 Å². The van der Waals surface area contributed by atoms with Gasteiger partial charge >= 0.3 is 0 Å². The van der Waals surface area contributed by atoms with E-state index in [0.29, 0.717) is 0 Å². The number of aromatic amines is 1. The van der Waals surface area contributed by atoms with Crippen LogP contribution >= 0.6 is 11.8 Å². The summed E-state index contributed by atoms with van der Waals surface area (Å²) in [6.07, 6.45) is 1.62. The summed E-state index contributed by atoms with van der Waals surface area (Å²) in [5.41, 5.74) is 0. The minimum atomic E-state index is 0.847. The van der Waals surface area contributed by atoms with Crippen molar-refractivity contribution in [3.8, 4) is 0 Å². The van der Waals surface area contributed by atoms with Crippen LogP contribution in [0.5, 0.6) is 0 Å². The number of H-pyrrole nitrogens is 1. The van der Waals surface area contributed by atoms with Crippen LogP contribution in [0.15, 0.2) is 11.5 Å². The summed E-state index contributed by atoms with van der Waals surface area (Å²) in [7, 11) is 0. The second kappa shape index (κ2) is 5.33. The molecule has 1 aliphatic heterocycles. The molecule has 1 aliphatic rings. The summed E-state index contributed by atoms with van der Waals surface area (Å²) in [6, 6.07) is 0. The van der Waals surface area contributed by atoms with Crippen LogP contribution in [-0.2, 0) is 0 Å². The van der Waals surface area contributed by atoms with Crippen LogP contribution in [0.2, 0.25) is 0 Å².